The molecule has 0 aliphatic rings. The molecule has 20 heavy (non-hydrogen) atoms. The van der Waals surface area contributed by atoms with Crippen LogP contribution in [0.25, 0.3) is 0 Å². The molecular weight excluding hydrogens is 441 g/mol. The first-order chi connectivity index (χ1) is 9.20. The van der Waals surface area contributed by atoms with Crippen molar-refractivity contribution < 1.29 is 18.1 Å². The van der Waals surface area contributed by atoms with E-state index in [-0.39, 0.29) is 18.0 Å². The molecule has 0 aliphatic heterocycles. The molecule has 112 valence electrons. The van der Waals surface area contributed by atoms with Crippen LogP contribution in [0, 0.1) is 10.1 Å². The van der Waals surface area contributed by atoms with Gasteiger partial charge in [0.15, 0.2) is 0 Å². The van der Waals surface area contributed by atoms with E-state index in [1.54, 1.807) is 0 Å². The molecule has 0 radical (unpaired) electrons. The van der Waals surface area contributed by atoms with Crippen LogP contribution in [0.3, 0.4) is 0 Å². The smallest absolute Gasteiger partial charge is 0.271 e. The Balaban J connectivity index is 2.59. The summed E-state index contributed by atoms with van der Waals surface area (Å²) in [5.74, 6) is 0.324. The minimum absolute atomic E-state index is 0.0654. The Morgan fingerprint density at radius 2 is 1.80 bits per heavy atom. The van der Waals surface area contributed by atoms with Gasteiger partial charge in [0.25, 0.3) is 5.69 Å². The zero-order valence-electron chi connectivity index (χ0n) is 10.0. The predicted molar refractivity (Wildman–Crippen MR) is 82.9 cm³/mol. The monoisotopic (exact) mass is 449 g/mol. The van der Waals surface area contributed by atoms with Crippen molar-refractivity contribution in [3.05, 3.63) is 31.2 Å². The molecule has 1 aromatic carbocycles. The van der Waals surface area contributed by atoms with E-state index in [2.05, 4.69) is 31.9 Å². The SMILES string of the molecule is O=[N+]([O-])c1cc(Br)c(OCCCCS(=O)(=O)Cl)c(Br)c1. The molecule has 0 atom stereocenters. The molecule has 0 aliphatic carbocycles. The van der Waals surface area contributed by atoms with Crippen molar-refractivity contribution in [1.82, 2.24) is 0 Å². The number of non-ortho nitro benzene ring substituents is 1. The number of nitro benzene ring substituents is 1. The van der Waals surface area contributed by atoms with Crippen molar-refractivity contribution in [1.29, 1.82) is 0 Å². The van der Waals surface area contributed by atoms with Crippen LogP contribution >= 0.6 is 42.5 Å². The second-order valence-electron chi connectivity index (χ2n) is 3.79. The molecule has 1 aromatic rings. The first kappa shape index (κ1) is 17.7. The van der Waals surface area contributed by atoms with E-state index >= 15 is 0 Å². The fourth-order valence-corrected chi connectivity index (χ4v) is 3.61. The van der Waals surface area contributed by atoms with Crippen molar-refractivity contribution in [3.8, 4) is 5.75 Å². The first-order valence-corrected chi connectivity index (χ1v) is 9.45. The van der Waals surface area contributed by atoms with E-state index in [0.29, 0.717) is 27.5 Å². The van der Waals surface area contributed by atoms with Gasteiger partial charge in [-0.15, -0.1) is 0 Å². The van der Waals surface area contributed by atoms with Crippen molar-refractivity contribution in [2.45, 2.75) is 12.8 Å². The summed E-state index contributed by atoms with van der Waals surface area (Å²) in [5, 5.41) is 10.7. The van der Waals surface area contributed by atoms with Crippen molar-refractivity contribution >= 4 is 57.3 Å². The van der Waals surface area contributed by atoms with Crippen LogP contribution in [0.2, 0.25) is 0 Å². The van der Waals surface area contributed by atoms with Crippen LogP contribution in [0.1, 0.15) is 12.8 Å². The molecule has 0 N–H and O–H groups in total. The number of hydrogen-bond acceptors (Lipinski definition) is 5. The van der Waals surface area contributed by atoms with Crippen molar-refractivity contribution in [3.63, 3.8) is 0 Å². The van der Waals surface area contributed by atoms with Gasteiger partial charge in [-0.25, -0.2) is 8.42 Å². The summed E-state index contributed by atoms with van der Waals surface area (Å²) in [6.45, 7) is 0.279. The van der Waals surface area contributed by atoms with E-state index in [0.717, 1.165) is 0 Å². The van der Waals surface area contributed by atoms with Gasteiger partial charge in [-0.3, -0.25) is 10.1 Å². The Kier molecular flexibility index (Phi) is 6.70. The molecule has 0 spiro atoms. The third-order valence-electron chi connectivity index (χ3n) is 2.22. The first-order valence-electron chi connectivity index (χ1n) is 5.39. The molecular formula is C10H10Br2ClNO5S. The van der Waals surface area contributed by atoms with Gasteiger partial charge in [-0.1, -0.05) is 0 Å². The lowest BCUT2D eigenvalue weighted by Gasteiger charge is -2.09. The van der Waals surface area contributed by atoms with Gasteiger partial charge >= 0.3 is 0 Å². The van der Waals surface area contributed by atoms with Gasteiger partial charge in [0.2, 0.25) is 9.05 Å². The Hall–Kier alpha value is -0.380. The summed E-state index contributed by atoms with van der Waals surface area (Å²) in [7, 11) is 1.60. The third-order valence-corrected chi connectivity index (χ3v) is 4.64. The molecule has 6 nitrogen and oxygen atoms in total. The summed E-state index contributed by atoms with van der Waals surface area (Å²) < 4.78 is 27.8. The molecule has 0 unspecified atom stereocenters. The highest BCUT2D eigenvalue weighted by Crippen LogP contribution is 2.37. The number of ether oxygens (including phenoxy) is 1. The Labute approximate surface area is 137 Å². The quantitative estimate of drug-likeness (QED) is 0.272. The molecule has 10 heteroatoms. The lowest BCUT2D eigenvalue weighted by Crippen LogP contribution is -2.03. The molecule has 0 bridgehead atoms. The van der Waals surface area contributed by atoms with Gasteiger partial charge in [-0.05, 0) is 44.7 Å². The van der Waals surface area contributed by atoms with Gasteiger partial charge in [0, 0.05) is 22.8 Å². The largest absolute Gasteiger partial charge is 0.491 e. The lowest BCUT2D eigenvalue weighted by molar-refractivity contribution is -0.385. The minimum atomic E-state index is -3.48. The Bertz CT molecular complexity index is 585. The van der Waals surface area contributed by atoms with Crippen LogP contribution in [-0.2, 0) is 9.05 Å². The fraction of sp³-hybridized carbons (Fsp3) is 0.400. The number of nitrogens with zero attached hydrogens (tertiary/aromatic N) is 1. The van der Waals surface area contributed by atoms with E-state index < -0.39 is 14.0 Å². The van der Waals surface area contributed by atoms with Crippen LogP contribution in [0.5, 0.6) is 5.75 Å². The maximum absolute atomic E-state index is 10.7. The van der Waals surface area contributed by atoms with Crippen molar-refractivity contribution in [2.75, 3.05) is 12.4 Å². The third kappa shape index (κ3) is 5.94. The topological polar surface area (TPSA) is 86.5 Å². The highest BCUT2D eigenvalue weighted by atomic mass is 79.9. The van der Waals surface area contributed by atoms with E-state index in [9.17, 15) is 18.5 Å². The summed E-state index contributed by atoms with van der Waals surface area (Å²) >= 11 is 6.38. The minimum Gasteiger partial charge on any atom is -0.491 e. The van der Waals surface area contributed by atoms with Gasteiger partial charge in [0.1, 0.15) is 5.75 Å². The number of benzene rings is 1. The summed E-state index contributed by atoms with van der Waals surface area (Å²) in [6.07, 6.45) is 0.885. The Morgan fingerprint density at radius 1 is 1.25 bits per heavy atom. The average Bonchev–Trinajstić information content (AvgIpc) is 2.29. The van der Waals surface area contributed by atoms with Gasteiger partial charge in [0.05, 0.1) is 26.2 Å². The number of unbranched alkanes of at least 4 members (excludes halogenated alkanes) is 1. The number of rotatable bonds is 7. The fourth-order valence-electron chi connectivity index (χ4n) is 1.34. The van der Waals surface area contributed by atoms with Gasteiger partial charge in [-0.2, -0.15) is 0 Å². The van der Waals surface area contributed by atoms with Gasteiger partial charge < -0.3 is 4.74 Å². The lowest BCUT2D eigenvalue weighted by atomic mass is 10.3. The zero-order valence-corrected chi connectivity index (χ0v) is 14.8. The van der Waals surface area contributed by atoms with Crippen LogP contribution in [0.15, 0.2) is 21.1 Å². The van der Waals surface area contributed by atoms with Crippen LogP contribution in [-0.4, -0.2) is 25.7 Å². The standard InChI is InChI=1S/C10H10Br2ClNO5S/c11-8-5-7(14(15)16)6-9(12)10(8)19-3-1-2-4-20(13,17)18/h5-6H,1-4H2. The summed E-state index contributed by atoms with van der Waals surface area (Å²) in [4.78, 5) is 10.2. The molecule has 0 fully saturated rings. The normalized spacial score (nSPS) is 11.3. The molecule has 0 saturated carbocycles. The molecule has 0 aromatic heterocycles. The van der Waals surface area contributed by atoms with E-state index in [4.69, 9.17) is 15.4 Å². The molecule has 1 rings (SSSR count). The predicted octanol–water partition coefficient (Wildman–Crippen LogP) is 3.85. The molecule has 0 saturated heterocycles. The van der Waals surface area contributed by atoms with E-state index in [1.165, 1.54) is 12.1 Å². The number of hydrogen-bond donors (Lipinski definition) is 0. The van der Waals surface area contributed by atoms with Crippen LogP contribution in [0.4, 0.5) is 5.69 Å². The average molecular weight is 452 g/mol. The summed E-state index contributed by atoms with van der Waals surface area (Å²) in [6, 6.07) is 2.67. The Morgan fingerprint density at radius 3 is 2.25 bits per heavy atom. The number of halogens is 3. The van der Waals surface area contributed by atoms with Crippen LogP contribution < -0.4 is 4.74 Å². The van der Waals surface area contributed by atoms with E-state index in [1.807, 2.05) is 0 Å². The summed E-state index contributed by atoms with van der Waals surface area (Å²) in [5.41, 5.74) is -0.0654. The molecule has 0 amide bonds. The highest BCUT2D eigenvalue weighted by Gasteiger charge is 2.15. The maximum atomic E-state index is 10.7. The highest BCUT2D eigenvalue weighted by molar-refractivity contribution is 9.11. The zero-order chi connectivity index (χ0) is 15.3. The second kappa shape index (κ2) is 7.58. The van der Waals surface area contributed by atoms with Crippen molar-refractivity contribution in [2.24, 2.45) is 0 Å². The maximum Gasteiger partial charge on any atom is 0.271 e. The molecule has 0 heterocycles. The number of nitro groups is 1. The second-order valence-corrected chi connectivity index (χ2v) is 8.40.